The topological polar surface area (TPSA) is 98.9 Å². The van der Waals surface area contributed by atoms with Crippen LogP contribution >= 0.6 is 0 Å². The average Bonchev–Trinajstić information content (AvgIpc) is 3.19. The molecular formula is C20H21N5O2. The van der Waals surface area contributed by atoms with Crippen LogP contribution in [-0.2, 0) is 4.79 Å². The third-order valence-corrected chi connectivity index (χ3v) is 4.64. The van der Waals surface area contributed by atoms with Gasteiger partial charge in [0, 0.05) is 40.7 Å². The van der Waals surface area contributed by atoms with Crippen molar-refractivity contribution < 1.29 is 9.59 Å². The van der Waals surface area contributed by atoms with Crippen LogP contribution in [0.15, 0.2) is 53.5 Å². The molecule has 7 heteroatoms. The van der Waals surface area contributed by atoms with Crippen LogP contribution in [0.2, 0.25) is 0 Å². The van der Waals surface area contributed by atoms with Gasteiger partial charge < -0.3 is 16.0 Å². The number of H-pyrrole nitrogens is 1. The van der Waals surface area contributed by atoms with Crippen molar-refractivity contribution in [2.75, 3.05) is 0 Å². The summed E-state index contributed by atoms with van der Waals surface area (Å²) in [6.07, 6.45) is 7.93. The molecule has 0 radical (unpaired) electrons. The number of benzene rings is 1. The van der Waals surface area contributed by atoms with E-state index in [4.69, 9.17) is 0 Å². The van der Waals surface area contributed by atoms with E-state index in [1.807, 2.05) is 50.3 Å². The maximum atomic E-state index is 12.5. The maximum Gasteiger partial charge on any atom is 0.319 e. The van der Waals surface area contributed by atoms with Gasteiger partial charge in [-0.25, -0.2) is 4.79 Å². The van der Waals surface area contributed by atoms with Crippen molar-refractivity contribution in [3.63, 3.8) is 0 Å². The first-order valence-electron chi connectivity index (χ1n) is 8.94. The summed E-state index contributed by atoms with van der Waals surface area (Å²) in [4.78, 5) is 24.4. The summed E-state index contributed by atoms with van der Waals surface area (Å²) in [5.41, 5.74) is 4.20. The van der Waals surface area contributed by atoms with Crippen LogP contribution < -0.4 is 16.0 Å². The molecule has 27 heavy (non-hydrogen) atoms. The Morgan fingerprint density at radius 2 is 2.19 bits per heavy atom. The second-order valence-corrected chi connectivity index (χ2v) is 7.09. The van der Waals surface area contributed by atoms with E-state index in [1.54, 1.807) is 6.20 Å². The molecule has 4 rings (SSSR count). The smallest absolute Gasteiger partial charge is 0.319 e. The predicted molar refractivity (Wildman–Crippen MR) is 103 cm³/mol. The van der Waals surface area contributed by atoms with Crippen LogP contribution in [0.4, 0.5) is 4.79 Å². The molecule has 1 aliphatic heterocycles. The second kappa shape index (κ2) is 6.75. The van der Waals surface area contributed by atoms with Gasteiger partial charge in [-0.15, -0.1) is 0 Å². The Balaban J connectivity index is 1.56. The molecule has 1 aromatic carbocycles. The largest absolute Gasteiger partial charge is 0.336 e. The van der Waals surface area contributed by atoms with Crippen LogP contribution in [0, 0.1) is 5.92 Å². The van der Waals surface area contributed by atoms with Crippen LogP contribution in [0.5, 0.6) is 0 Å². The third-order valence-electron chi connectivity index (χ3n) is 4.64. The number of allylic oxidation sites excluding steroid dienone is 4. The molecule has 1 unspecified atom stereocenters. The van der Waals surface area contributed by atoms with E-state index in [0.29, 0.717) is 12.0 Å². The monoisotopic (exact) mass is 363 g/mol. The quantitative estimate of drug-likeness (QED) is 0.631. The van der Waals surface area contributed by atoms with E-state index in [1.165, 1.54) is 0 Å². The first kappa shape index (κ1) is 17.1. The van der Waals surface area contributed by atoms with Crippen LogP contribution in [-0.4, -0.2) is 28.2 Å². The van der Waals surface area contributed by atoms with E-state index < -0.39 is 0 Å². The summed E-state index contributed by atoms with van der Waals surface area (Å²) in [7, 11) is 0. The van der Waals surface area contributed by atoms with Gasteiger partial charge in [0.15, 0.2) is 0 Å². The number of rotatable bonds is 3. The number of urea groups is 1. The summed E-state index contributed by atoms with van der Waals surface area (Å²) in [6, 6.07) is 5.73. The van der Waals surface area contributed by atoms with Crippen molar-refractivity contribution >= 4 is 28.9 Å². The van der Waals surface area contributed by atoms with E-state index in [0.717, 1.165) is 27.9 Å². The Hall–Kier alpha value is -3.35. The predicted octanol–water partition coefficient (Wildman–Crippen LogP) is 2.57. The molecule has 0 saturated carbocycles. The average molecular weight is 363 g/mol. The van der Waals surface area contributed by atoms with Crippen LogP contribution in [0.1, 0.15) is 25.8 Å². The molecular weight excluding hydrogens is 342 g/mol. The molecule has 4 N–H and O–H groups in total. The maximum absolute atomic E-state index is 12.5. The van der Waals surface area contributed by atoms with Gasteiger partial charge in [0.1, 0.15) is 0 Å². The van der Waals surface area contributed by atoms with E-state index in [-0.39, 0.29) is 23.9 Å². The van der Waals surface area contributed by atoms with Gasteiger partial charge in [-0.1, -0.05) is 12.1 Å². The number of hydrogen-bond donors (Lipinski definition) is 4. The molecule has 2 heterocycles. The Bertz CT molecular complexity index is 1010. The van der Waals surface area contributed by atoms with Gasteiger partial charge in [0.2, 0.25) is 0 Å². The SMILES string of the molecule is CC(C)NC(=O)NC1=CC=C2NC(=O)/C(=C/c3ccc4cn[nH]c4c3)C2C1. The summed E-state index contributed by atoms with van der Waals surface area (Å²) >= 11 is 0. The minimum absolute atomic E-state index is 0.0582. The number of aromatic amines is 1. The van der Waals surface area contributed by atoms with Gasteiger partial charge in [0.25, 0.3) is 5.91 Å². The number of carbonyl (C=O) groups is 2. The number of amides is 3. The minimum Gasteiger partial charge on any atom is -0.336 e. The lowest BCUT2D eigenvalue weighted by Crippen LogP contribution is -2.39. The minimum atomic E-state index is -0.236. The highest BCUT2D eigenvalue weighted by Crippen LogP contribution is 2.35. The van der Waals surface area contributed by atoms with Gasteiger partial charge in [-0.3, -0.25) is 9.89 Å². The zero-order chi connectivity index (χ0) is 19.0. The molecule has 1 atom stereocenters. The number of fused-ring (bicyclic) bond motifs is 2. The number of nitrogens with zero attached hydrogens (tertiary/aromatic N) is 1. The lowest BCUT2D eigenvalue weighted by atomic mass is 9.89. The summed E-state index contributed by atoms with van der Waals surface area (Å²) < 4.78 is 0. The molecule has 1 saturated heterocycles. The molecule has 2 aromatic rings. The fourth-order valence-corrected chi connectivity index (χ4v) is 3.40. The Labute approximate surface area is 156 Å². The molecule has 7 nitrogen and oxygen atoms in total. The Kier molecular flexibility index (Phi) is 4.27. The van der Waals surface area contributed by atoms with Gasteiger partial charge in [-0.05, 0) is 43.7 Å². The van der Waals surface area contributed by atoms with Gasteiger partial charge >= 0.3 is 6.03 Å². The Morgan fingerprint density at radius 1 is 1.33 bits per heavy atom. The molecule has 3 amide bonds. The van der Waals surface area contributed by atoms with Crippen LogP contribution in [0.3, 0.4) is 0 Å². The van der Waals surface area contributed by atoms with E-state index in [2.05, 4.69) is 26.1 Å². The second-order valence-electron chi connectivity index (χ2n) is 7.09. The number of hydrogen-bond acceptors (Lipinski definition) is 3. The normalized spacial score (nSPS) is 20.3. The molecule has 1 fully saturated rings. The van der Waals surface area contributed by atoms with Crippen molar-refractivity contribution in [3.8, 4) is 0 Å². The van der Waals surface area contributed by atoms with Crippen molar-refractivity contribution in [2.45, 2.75) is 26.3 Å². The Morgan fingerprint density at radius 3 is 3.00 bits per heavy atom. The summed E-state index contributed by atoms with van der Waals surface area (Å²) in [5, 5.41) is 16.6. The van der Waals surface area contributed by atoms with Gasteiger partial charge in [0.05, 0.1) is 11.7 Å². The lowest BCUT2D eigenvalue weighted by molar-refractivity contribution is -0.115. The van der Waals surface area contributed by atoms with E-state index >= 15 is 0 Å². The zero-order valence-corrected chi connectivity index (χ0v) is 15.2. The molecule has 0 spiro atoms. The van der Waals surface area contributed by atoms with Gasteiger partial charge in [-0.2, -0.15) is 5.10 Å². The number of nitrogens with one attached hydrogen (secondary N) is 4. The number of aromatic nitrogens is 2. The molecule has 1 aliphatic carbocycles. The highest BCUT2D eigenvalue weighted by atomic mass is 16.2. The first-order valence-corrected chi connectivity index (χ1v) is 8.94. The summed E-state index contributed by atoms with van der Waals surface area (Å²) in [6.45, 7) is 3.81. The summed E-state index contributed by atoms with van der Waals surface area (Å²) in [5.74, 6) is -0.188. The molecule has 138 valence electrons. The highest BCUT2D eigenvalue weighted by Gasteiger charge is 2.35. The van der Waals surface area contributed by atoms with Crippen molar-refractivity contribution in [2.24, 2.45) is 5.92 Å². The highest BCUT2D eigenvalue weighted by molar-refractivity contribution is 6.03. The van der Waals surface area contributed by atoms with E-state index in [9.17, 15) is 9.59 Å². The third kappa shape index (κ3) is 3.48. The zero-order valence-electron chi connectivity index (χ0n) is 15.2. The van der Waals surface area contributed by atoms with Crippen LogP contribution in [0.25, 0.3) is 17.0 Å². The number of carbonyl (C=O) groups excluding carboxylic acids is 2. The standard InChI is InChI=1S/C20H21N5O2/c1-11(2)22-20(27)23-14-5-6-17-15(9-14)16(19(26)24-17)7-12-3-4-13-10-21-25-18(13)8-12/h3-8,10-11,15H,9H2,1-2H3,(H,21,25)(H,24,26)(H2,22,23,27)/b16-7+. The molecule has 2 aliphatic rings. The van der Waals surface area contributed by atoms with Crippen molar-refractivity contribution in [1.82, 2.24) is 26.1 Å². The first-order chi connectivity index (χ1) is 13.0. The molecule has 1 aromatic heterocycles. The fraction of sp³-hybridized carbons (Fsp3) is 0.250. The van der Waals surface area contributed by atoms with Crippen molar-refractivity contribution in [3.05, 3.63) is 59.1 Å². The fourth-order valence-electron chi connectivity index (χ4n) is 3.40. The molecule has 0 bridgehead atoms. The van der Waals surface area contributed by atoms with Crippen molar-refractivity contribution in [1.29, 1.82) is 0 Å². The lowest BCUT2D eigenvalue weighted by Gasteiger charge is -2.20.